The highest BCUT2D eigenvalue weighted by atomic mass is 16.4. The number of carboxylic acid groups (broad SMARTS) is 6. The van der Waals surface area contributed by atoms with Gasteiger partial charge >= 0.3 is 35.8 Å². The molecule has 0 aromatic rings. The van der Waals surface area contributed by atoms with E-state index in [1.807, 2.05) is 0 Å². The molecule has 13 N–H and O–H groups in total. The SMILES string of the molecule is C=CC(=O)O.C=CC(=O)O.C=CC(=O)O.C=CC(=O)O.C=CC(=O)O.C=CC(=O)O.CC(CO)(CO)CO.OCC(CO)(CO)CO. The highest BCUT2D eigenvalue weighted by Crippen LogP contribution is 2.12. The summed E-state index contributed by atoms with van der Waals surface area (Å²) in [5.74, 6) is -5.89. The molecule has 19 nitrogen and oxygen atoms in total. The maximum absolute atomic E-state index is 9.25. The van der Waals surface area contributed by atoms with E-state index in [9.17, 15) is 28.8 Å². The lowest BCUT2D eigenvalue weighted by molar-refractivity contribution is -0.132. The van der Waals surface area contributed by atoms with E-state index in [0.717, 1.165) is 36.5 Å². The molecule has 0 aliphatic heterocycles. The molecule has 0 saturated carbocycles. The molecule has 0 amide bonds. The standard InChI is InChI=1S/C5H12O4.C5H12O3.6C3H4O2/c6-1-5(2-7,3-8)4-9;1-5(2-6,3-7)4-8;6*1-2-3(4)5/h6-9H,1-4H2;6-8H,2-4H2,1H3;6*2H,1H2,(H,4,5). The highest BCUT2D eigenvalue weighted by Gasteiger charge is 2.26. The summed E-state index contributed by atoms with van der Waals surface area (Å²) in [4.78, 5) is 55.5. The first-order chi connectivity index (χ1) is 21.5. The molecule has 0 unspecified atom stereocenters. The Morgan fingerprint density at radius 1 is 0.383 bits per heavy atom. The topological polar surface area (TPSA) is 365 Å². The van der Waals surface area contributed by atoms with Gasteiger partial charge < -0.3 is 66.4 Å². The summed E-state index contributed by atoms with van der Waals surface area (Å²) in [5, 5.41) is 105. The number of aliphatic carboxylic acids is 6. The Balaban J connectivity index is -0.0000000625. The van der Waals surface area contributed by atoms with Gasteiger partial charge in [-0.2, -0.15) is 0 Å². The van der Waals surface area contributed by atoms with E-state index >= 15 is 0 Å². The zero-order valence-corrected chi connectivity index (χ0v) is 25.9. The highest BCUT2D eigenvalue weighted by molar-refractivity contribution is 5.80. The first-order valence-corrected chi connectivity index (χ1v) is 11.9. The fraction of sp³-hybridized carbons (Fsp3) is 0.357. The predicted octanol–water partition coefficient (Wildman–Crippen LogP) is -1.55. The third-order valence-electron chi connectivity index (χ3n) is 3.53. The molecule has 0 saturated heterocycles. The first kappa shape index (κ1) is 61.1. The fourth-order valence-electron chi connectivity index (χ4n) is 0.450. The van der Waals surface area contributed by atoms with Crippen molar-refractivity contribution >= 4 is 35.8 Å². The summed E-state index contributed by atoms with van der Waals surface area (Å²) < 4.78 is 0. The lowest BCUT2D eigenvalue weighted by Gasteiger charge is -2.23. The summed E-state index contributed by atoms with van der Waals surface area (Å²) in [5.41, 5.74) is -1.82. The molecular formula is C28H48O19. The zero-order chi connectivity index (χ0) is 39.7. The molecule has 0 spiro atoms. The number of aliphatic hydroxyl groups excluding tert-OH is 7. The van der Waals surface area contributed by atoms with E-state index in [1.165, 1.54) is 0 Å². The van der Waals surface area contributed by atoms with Crippen molar-refractivity contribution in [1.29, 1.82) is 0 Å². The van der Waals surface area contributed by atoms with Crippen LogP contribution in [0.3, 0.4) is 0 Å². The van der Waals surface area contributed by atoms with Crippen LogP contribution < -0.4 is 0 Å². The minimum Gasteiger partial charge on any atom is -0.478 e. The van der Waals surface area contributed by atoms with E-state index in [2.05, 4.69) is 39.5 Å². The van der Waals surface area contributed by atoms with Crippen molar-refractivity contribution in [3.05, 3.63) is 75.9 Å². The lowest BCUT2D eigenvalue weighted by Crippen LogP contribution is -2.37. The minimum atomic E-state index is -1.11. The van der Waals surface area contributed by atoms with Gasteiger partial charge in [-0.3, -0.25) is 0 Å². The monoisotopic (exact) mass is 688 g/mol. The summed E-state index contributed by atoms with van der Waals surface area (Å²) in [6, 6.07) is 0. The van der Waals surface area contributed by atoms with Crippen molar-refractivity contribution in [3.8, 4) is 0 Å². The fourth-order valence-corrected chi connectivity index (χ4v) is 0.450. The van der Waals surface area contributed by atoms with Crippen LogP contribution in [-0.4, -0.2) is 148 Å². The van der Waals surface area contributed by atoms with Gasteiger partial charge in [0.1, 0.15) is 0 Å². The van der Waals surface area contributed by atoms with Crippen molar-refractivity contribution in [1.82, 2.24) is 0 Å². The van der Waals surface area contributed by atoms with E-state index in [-0.39, 0.29) is 19.8 Å². The first-order valence-electron chi connectivity index (χ1n) is 11.9. The van der Waals surface area contributed by atoms with Crippen molar-refractivity contribution in [2.75, 3.05) is 46.2 Å². The molecular weight excluding hydrogens is 640 g/mol. The molecule has 0 radical (unpaired) electrons. The number of hydrogen-bond acceptors (Lipinski definition) is 13. The van der Waals surface area contributed by atoms with Gasteiger partial charge in [0.15, 0.2) is 0 Å². The molecule has 0 fully saturated rings. The molecule has 0 rings (SSSR count). The largest absolute Gasteiger partial charge is 0.478 e. The molecule has 47 heavy (non-hydrogen) atoms. The Hall–Kier alpha value is -5.02. The molecule has 0 atom stereocenters. The van der Waals surface area contributed by atoms with Gasteiger partial charge in [-0.05, 0) is 0 Å². The van der Waals surface area contributed by atoms with Gasteiger partial charge in [0, 0.05) is 41.9 Å². The second kappa shape index (κ2) is 45.4. The summed E-state index contributed by atoms with van der Waals surface area (Å²) in [7, 11) is 0. The Bertz CT molecular complexity index is 736. The average molecular weight is 689 g/mol. The van der Waals surface area contributed by atoms with Crippen LogP contribution >= 0.6 is 0 Å². The van der Waals surface area contributed by atoms with E-state index in [4.69, 9.17) is 66.4 Å². The summed E-state index contributed by atoms with van der Waals surface area (Å²) >= 11 is 0. The Labute approximate surface area is 271 Å². The predicted molar refractivity (Wildman–Crippen MR) is 167 cm³/mol. The van der Waals surface area contributed by atoms with Gasteiger partial charge in [0.05, 0.1) is 51.7 Å². The molecule has 0 aliphatic carbocycles. The van der Waals surface area contributed by atoms with Crippen molar-refractivity contribution < 1.29 is 95.2 Å². The third-order valence-corrected chi connectivity index (χ3v) is 3.53. The maximum atomic E-state index is 9.25. The third kappa shape index (κ3) is 79.5. The average Bonchev–Trinajstić information content (AvgIpc) is 3.07. The van der Waals surface area contributed by atoms with Crippen LogP contribution in [-0.2, 0) is 28.8 Å². The second-order valence-corrected chi connectivity index (χ2v) is 7.67. The van der Waals surface area contributed by atoms with Crippen LogP contribution in [0.2, 0.25) is 0 Å². The Morgan fingerprint density at radius 3 is 0.489 bits per heavy atom. The van der Waals surface area contributed by atoms with E-state index in [0.29, 0.717) is 0 Å². The van der Waals surface area contributed by atoms with Crippen LogP contribution in [0.15, 0.2) is 75.9 Å². The van der Waals surface area contributed by atoms with Gasteiger partial charge in [-0.15, -0.1) is 0 Å². The van der Waals surface area contributed by atoms with Gasteiger partial charge in [0.25, 0.3) is 0 Å². The van der Waals surface area contributed by atoms with E-state index < -0.39 is 73.1 Å². The van der Waals surface area contributed by atoms with Gasteiger partial charge in [-0.1, -0.05) is 46.4 Å². The van der Waals surface area contributed by atoms with Gasteiger partial charge in [0.2, 0.25) is 0 Å². The minimum absolute atomic E-state index is 0.181. The maximum Gasteiger partial charge on any atom is 0.327 e. The quantitative estimate of drug-likeness (QED) is 0.0974. The molecule has 0 aromatic heterocycles. The van der Waals surface area contributed by atoms with Crippen molar-refractivity contribution in [2.45, 2.75) is 6.92 Å². The smallest absolute Gasteiger partial charge is 0.327 e. The molecule has 0 aromatic carbocycles. The Kier molecular flexibility index (Phi) is 59.0. The molecule has 274 valence electrons. The van der Waals surface area contributed by atoms with Crippen LogP contribution in [0.4, 0.5) is 0 Å². The number of hydrogen-bond donors (Lipinski definition) is 13. The Morgan fingerprint density at radius 2 is 0.489 bits per heavy atom. The van der Waals surface area contributed by atoms with Crippen LogP contribution in [0.1, 0.15) is 6.92 Å². The number of carboxylic acids is 6. The molecule has 0 heterocycles. The van der Waals surface area contributed by atoms with Crippen molar-refractivity contribution in [2.24, 2.45) is 10.8 Å². The van der Waals surface area contributed by atoms with Crippen LogP contribution in [0, 0.1) is 10.8 Å². The number of carbonyl (C=O) groups is 6. The van der Waals surface area contributed by atoms with Crippen molar-refractivity contribution in [3.63, 3.8) is 0 Å². The van der Waals surface area contributed by atoms with E-state index in [1.54, 1.807) is 6.92 Å². The molecule has 19 heteroatoms. The second-order valence-electron chi connectivity index (χ2n) is 7.67. The lowest BCUT2D eigenvalue weighted by atomic mass is 9.93. The van der Waals surface area contributed by atoms with Crippen LogP contribution in [0.5, 0.6) is 0 Å². The zero-order valence-electron chi connectivity index (χ0n) is 25.9. The molecule has 0 aliphatic rings. The summed E-state index contributed by atoms with van der Waals surface area (Å²) in [6.45, 7) is 17.2. The van der Waals surface area contributed by atoms with Gasteiger partial charge in [-0.25, -0.2) is 28.8 Å². The molecule has 0 bridgehead atoms. The number of rotatable bonds is 13. The van der Waals surface area contributed by atoms with Crippen LogP contribution in [0.25, 0.3) is 0 Å². The summed E-state index contributed by atoms with van der Waals surface area (Å²) in [6.07, 6.45) is 5.00. The normalized spacial score (nSPS) is 8.43. The number of aliphatic hydroxyl groups is 7.